The third-order valence-electron chi connectivity index (χ3n) is 2.68. The summed E-state index contributed by atoms with van der Waals surface area (Å²) in [5, 5.41) is 0. The molecule has 1 aromatic carbocycles. The number of halogens is 3. The van der Waals surface area contributed by atoms with Crippen molar-refractivity contribution in [3.63, 3.8) is 0 Å². The quantitative estimate of drug-likeness (QED) is 0.626. The molecule has 0 aliphatic heterocycles. The van der Waals surface area contributed by atoms with Crippen LogP contribution in [0.15, 0.2) is 23.1 Å². The molecule has 0 aromatic heterocycles. The number of nitrogen functional groups attached to an aromatic ring is 1. The molecule has 20 heavy (non-hydrogen) atoms. The highest BCUT2D eigenvalue weighted by molar-refractivity contribution is 7.89. The molecule has 0 atom stereocenters. The van der Waals surface area contributed by atoms with Crippen molar-refractivity contribution in [3.05, 3.63) is 23.8 Å². The second kappa shape index (κ2) is 6.45. The van der Waals surface area contributed by atoms with Gasteiger partial charge in [0.15, 0.2) is 0 Å². The van der Waals surface area contributed by atoms with Crippen LogP contribution < -0.4 is 10.5 Å². The highest BCUT2D eigenvalue weighted by Gasteiger charge is 2.26. The van der Waals surface area contributed by atoms with Gasteiger partial charge in [0.2, 0.25) is 10.0 Å². The van der Waals surface area contributed by atoms with Crippen molar-refractivity contribution < 1.29 is 21.6 Å². The lowest BCUT2D eigenvalue weighted by molar-refractivity contribution is -0.135. The zero-order valence-electron chi connectivity index (χ0n) is 11.0. The van der Waals surface area contributed by atoms with Crippen LogP contribution in [0.25, 0.3) is 0 Å². The maximum absolute atomic E-state index is 12.0. The number of unbranched alkanes of at least 4 members (excludes halogenated alkanes) is 1. The standard InChI is InChI=1S/C12H17F3N2O2S/c1-9-4-5-10(16)8-11(9)20(18,19)17-7-3-2-6-12(13,14)15/h4-5,8,17H,2-3,6-7,16H2,1H3. The van der Waals surface area contributed by atoms with Crippen molar-refractivity contribution in [2.24, 2.45) is 0 Å². The van der Waals surface area contributed by atoms with Gasteiger partial charge in [-0.1, -0.05) is 6.07 Å². The zero-order valence-corrected chi connectivity index (χ0v) is 11.8. The van der Waals surface area contributed by atoms with E-state index in [4.69, 9.17) is 5.73 Å². The number of nitrogens with one attached hydrogen (secondary N) is 1. The van der Waals surface area contributed by atoms with Crippen LogP contribution in [-0.4, -0.2) is 21.1 Å². The van der Waals surface area contributed by atoms with Crippen LogP contribution in [0.2, 0.25) is 0 Å². The van der Waals surface area contributed by atoms with Gasteiger partial charge in [-0.05, 0) is 37.5 Å². The molecule has 1 aromatic rings. The molecule has 0 saturated heterocycles. The number of sulfonamides is 1. The monoisotopic (exact) mass is 310 g/mol. The largest absolute Gasteiger partial charge is 0.399 e. The minimum Gasteiger partial charge on any atom is -0.399 e. The highest BCUT2D eigenvalue weighted by Crippen LogP contribution is 2.22. The summed E-state index contributed by atoms with van der Waals surface area (Å²) in [7, 11) is -3.74. The molecule has 0 saturated carbocycles. The SMILES string of the molecule is Cc1ccc(N)cc1S(=O)(=O)NCCCCC(F)(F)F. The number of hydrogen-bond donors (Lipinski definition) is 2. The van der Waals surface area contributed by atoms with Gasteiger partial charge in [-0.15, -0.1) is 0 Å². The van der Waals surface area contributed by atoms with Gasteiger partial charge < -0.3 is 5.73 Å². The summed E-state index contributed by atoms with van der Waals surface area (Å²) in [5.41, 5.74) is 6.37. The third kappa shape index (κ3) is 5.38. The fourth-order valence-electron chi connectivity index (χ4n) is 1.64. The smallest absolute Gasteiger partial charge is 0.389 e. The highest BCUT2D eigenvalue weighted by atomic mass is 32.2. The Morgan fingerprint density at radius 2 is 1.90 bits per heavy atom. The van der Waals surface area contributed by atoms with Crippen LogP contribution in [-0.2, 0) is 10.0 Å². The first-order valence-corrected chi connectivity index (χ1v) is 7.53. The molecule has 114 valence electrons. The Labute approximate surface area is 116 Å². The van der Waals surface area contributed by atoms with Crippen molar-refractivity contribution in [2.75, 3.05) is 12.3 Å². The predicted molar refractivity (Wildman–Crippen MR) is 70.7 cm³/mol. The van der Waals surface area contributed by atoms with E-state index in [2.05, 4.69) is 4.72 Å². The van der Waals surface area contributed by atoms with Gasteiger partial charge in [0.25, 0.3) is 0 Å². The summed E-state index contributed by atoms with van der Waals surface area (Å²) >= 11 is 0. The van der Waals surface area contributed by atoms with Crippen LogP contribution in [0.1, 0.15) is 24.8 Å². The van der Waals surface area contributed by atoms with Crippen LogP contribution in [0.4, 0.5) is 18.9 Å². The Bertz CT molecular complexity index is 556. The Hall–Kier alpha value is -1.28. The van der Waals surface area contributed by atoms with Crippen LogP contribution in [0, 0.1) is 6.92 Å². The number of anilines is 1. The van der Waals surface area contributed by atoms with Gasteiger partial charge >= 0.3 is 6.18 Å². The zero-order chi connectivity index (χ0) is 15.4. The first kappa shape index (κ1) is 16.8. The summed E-state index contributed by atoms with van der Waals surface area (Å²) in [4.78, 5) is 0.0494. The van der Waals surface area contributed by atoms with Crippen molar-refractivity contribution in [1.29, 1.82) is 0 Å². The molecule has 0 fully saturated rings. The van der Waals surface area contributed by atoms with Gasteiger partial charge in [0.1, 0.15) is 0 Å². The summed E-state index contributed by atoms with van der Waals surface area (Å²) < 4.78 is 62.0. The van der Waals surface area contributed by atoms with E-state index in [0.717, 1.165) is 0 Å². The van der Waals surface area contributed by atoms with Crippen LogP contribution in [0.3, 0.4) is 0 Å². The number of alkyl halides is 3. The van der Waals surface area contributed by atoms with Gasteiger partial charge in [-0.2, -0.15) is 13.2 Å². The van der Waals surface area contributed by atoms with E-state index in [9.17, 15) is 21.6 Å². The predicted octanol–water partition coefficient (Wildman–Crippen LogP) is 2.59. The maximum Gasteiger partial charge on any atom is 0.389 e. The minimum atomic E-state index is -4.21. The fraction of sp³-hybridized carbons (Fsp3) is 0.500. The molecule has 0 unspecified atom stereocenters. The van der Waals surface area contributed by atoms with E-state index < -0.39 is 22.6 Å². The van der Waals surface area contributed by atoms with Gasteiger partial charge in [-0.25, -0.2) is 13.1 Å². The number of nitrogens with two attached hydrogens (primary N) is 1. The number of hydrogen-bond acceptors (Lipinski definition) is 3. The molecule has 0 aliphatic carbocycles. The molecule has 0 heterocycles. The van der Waals surface area contributed by atoms with E-state index in [0.29, 0.717) is 11.3 Å². The Kier molecular flexibility index (Phi) is 5.41. The molecule has 0 bridgehead atoms. The number of aryl methyl sites for hydroxylation is 1. The number of rotatable bonds is 6. The molecule has 0 amide bonds. The Morgan fingerprint density at radius 1 is 1.25 bits per heavy atom. The molecule has 1 rings (SSSR count). The second-order valence-corrected chi connectivity index (χ2v) is 6.23. The van der Waals surface area contributed by atoms with E-state index in [-0.39, 0.29) is 24.3 Å². The lowest BCUT2D eigenvalue weighted by Crippen LogP contribution is -2.25. The normalized spacial score (nSPS) is 12.6. The third-order valence-corrected chi connectivity index (χ3v) is 4.28. The maximum atomic E-state index is 12.0. The first-order chi connectivity index (χ1) is 9.12. The molecule has 0 aliphatic rings. The summed E-state index contributed by atoms with van der Waals surface area (Å²) in [5.74, 6) is 0. The van der Waals surface area contributed by atoms with Crippen molar-refractivity contribution >= 4 is 15.7 Å². The molecular formula is C12H17F3N2O2S. The molecule has 0 radical (unpaired) electrons. The topological polar surface area (TPSA) is 72.2 Å². The molecule has 3 N–H and O–H groups in total. The molecule has 0 spiro atoms. The lowest BCUT2D eigenvalue weighted by Gasteiger charge is -2.10. The first-order valence-electron chi connectivity index (χ1n) is 6.04. The van der Waals surface area contributed by atoms with E-state index in [1.807, 2.05) is 0 Å². The fourth-order valence-corrected chi connectivity index (χ4v) is 2.99. The van der Waals surface area contributed by atoms with Crippen molar-refractivity contribution in [1.82, 2.24) is 4.72 Å². The average molecular weight is 310 g/mol. The molecular weight excluding hydrogens is 293 g/mol. The minimum absolute atomic E-state index is 0.0351. The van der Waals surface area contributed by atoms with Gasteiger partial charge in [0.05, 0.1) is 4.90 Å². The lowest BCUT2D eigenvalue weighted by atomic mass is 10.2. The van der Waals surface area contributed by atoms with Crippen LogP contribution >= 0.6 is 0 Å². The Morgan fingerprint density at radius 3 is 2.50 bits per heavy atom. The molecule has 8 heteroatoms. The number of benzene rings is 1. The summed E-state index contributed by atoms with van der Waals surface area (Å²) in [6, 6.07) is 4.48. The second-order valence-electron chi connectivity index (χ2n) is 4.49. The van der Waals surface area contributed by atoms with Crippen molar-refractivity contribution in [3.8, 4) is 0 Å². The Balaban J connectivity index is 2.56. The van der Waals surface area contributed by atoms with E-state index >= 15 is 0 Å². The van der Waals surface area contributed by atoms with E-state index in [1.54, 1.807) is 19.1 Å². The summed E-state index contributed by atoms with van der Waals surface area (Å²) in [6.07, 6.45) is -5.10. The van der Waals surface area contributed by atoms with Gasteiger partial charge in [-0.3, -0.25) is 0 Å². The summed E-state index contributed by atoms with van der Waals surface area (Å²) in [6.45, 7) is 1.59. The van der Waals surface area contributed by atoms with Crippen LogP contribution in [0.5, 0.6) is 0 Å². The van der Waals surface area contributed by atoms with Crippen molar-refractivity contribution in [2.45, 2.75) is 37.3 Å². The van der Waals surface area contributed by atoms with E-state index in [1.165, 1.54) is 6.07 Å². The van der Waals surface area contributed by atoms with Gasteiger partial charge in [0, 0.05) is 18.7 Å². The molecule has 4 nitrogen and oxygen atoms in total. The average Bonchev–Trinajstić information content (AvgIpc) is 2.30.